The second-order valence-corrected chi connectivity index (χ2v) is 6.26. The Hall–Kier alpha value is -3.20. The van der Waals surface area contributed by atoms with E-state index in [2.05, 4.69) is 15.6 Å². The van der Waals surface area contributed by atoms with Gasteiger partial charge in [-0.05, 0) is 36.4 Å². The number of nitrogens with zero attached hydrogens (tertiary/aromatic N) is 1. The monoisotopic (exact) mass is 391 g/mol. The van der Waals surface area contributed by atoms with Crippen LogP contribution in [0.4, 0.5) is 18.3 Å². The summed E-state index contributed by atoms with van der Waals surface area (Å²) in [5.74, 6) is -2.98. The van der Waals surface area contributed by atoms with Gasteiger partial charge in [-0.1, -0.05) is 6.07 Å². The van der Waals surface area contributed by atoms with Crippen molar-refractivity contribution in [2.24, 2.45) is 0 Å². The maximum absolute atomic E-state index is 13.8. The predicted octanol–water partition coefficient (Wildman–Crippen LogP) is 3.60. The number of halogens is 3. The largest absolute Gasteiger partial charge is 0.343 e. The number of anilines is 1. The Morgan fingerprint density at radius 3 is 2.59 bits per heavy atom. The third-order valence-electron chi connectivity index (χ3n) is 3.45. The molecule has 0 bridgehead atoms. The first-order valence-electron chi connectivity index (χ1n) is 7.67. The summed E-state index contributed by atoms with van der Waals surface area (Å²) in [5.41, 5.74) is 0.239. The third kappa shape index (κ3) is 4.70. The SMILES string of the molecule is O=C(CNC(=O)c1cccc(F)c1)Nc1nc(-c2cc(F)ccc2F)cs1. The van der Waals surface area contributed by atoms with Crippen molar-refractivity contribution in [3.8, 4) is 11.3 Å². The van der Waals surface area contributed by atoms with Crippen molar-refractivity contribution in [3.63, 3.8) is 0 Å². The van der Waals surface area contributed by atoms with Crippen LogP contribution in [0.5, 0.6) is 0 Å². The van der Waals surface area contributed by atoms with E-state index in [4.69, 9.17) is 0 Å². The number of nitrogens with one attached hydrogen (secondary N) is 2. The number of benzene rings is 2. The molecule has 27 heavy (non-hydrogen) atoms. The Morgan fingerprint density at radius 1 is 1.04 bits per heavy atom. The molecule has 0 aliphatic rings. The predicted molar refractivity (Wildman–Crippen MR) is 94.8 cm³/mol. The lowest BCUT2D eigenvalue weighted by Gasteiger charge is -2.05. The fourth-order valence-corrected chi connectivity index (χ4v) is 2.93. The van der Waals surface area contributed by atoms with Crippen molar-refractivity contribution < 1.29 is 22.8 Å². The van der Waals surface area contributed by atoms with Gasteiger partial charge in [0.05, 0.1) is 12.2 Å². The molecule has 0 fully saturated rings. The van der Waals surface area contributed by atoms with Crippen molar-refractivity contribution in [1.82, 2.24) is 10.3 Å². The van der Waals surface area contributed by atoms with Crippen LogP contribution in [-0.2, 0) is 4.79 Å². The van der Waals surface area contributed by atoms with E-state index in [1.54, 1.807) is 0 Å². The van der Waals surface area contributed by atoms with Crippen LogP contribution in [0, 0.1) is 17.5 Å². The summed E-state index contributed by atoms with van der Waals surface area (Å²) in [6, 6.07) is 8.04. The number of rotatable bonds is 5. The average molecular weight is 391 g/mol. The van der Waals surface area contributed by atoms with E-state index in [0.29, 0.717) is 0 Å². The number of carbonyl (C=O) groups excluding carboxylic acids is 2. The summed E-state index contributed by atoms with van der Waals surface area (Å²) >= 11 is 1.03. The first kappa shape index (κ1) is 18.6. The van der Waals surface area contributed by atoms with Crippen molar-refractivity contribution in [2.45, 2.75) is 0 Å². The van der Waals surface area contributed by atoms with Crippen LogP contribution < -0.4 is 10.6 Å². The fourth-order valence-electron chi connectivity index (χ4n) is 2.20. The molecule has 0 saturated heterocycles. The zero-order chi connectivity index (χ0) is 19.4. The number of aromatic nitrogens is 1. The van der Waals surface area contributed by atoms with Crippen LogP contribution in [0.2, 0.25) is 0 Å². The molecule has 3 rings (SSSR count). The summed E-state index contributed by atoms with van der Waals surface area (Å²) in [6.07, 6.45) is 0. The Bertz CT molecular complexity index is 1010. The molecule has 5 nitrogen and oxygen atoms in total. The Labute approximate surface area is 155 Å². The third-order valence-corrected chi connectivity index (χ3v) is 4.21. The van der Waals surface area contributed by atoms with Gasteiger partial charge in [0, 0.05) is 16.5 Å². The molecular formula is C18H12F3N3O2S. The van der Waals surface area contributed by atoms with Gasteiger partial charge < -0.3 is 10.6 Å². The van der Waals surface area contributed by atoms with Gasteiger partial charge in [-0.2, -0.15) is 0 Å². The molecule has 0 unspecified atom stereocenters. The summed E-state index contributed by atoms with van der Waals surface area (Å²) in [7, 11) is 0. The van der Waals surface area contributed by atoms with Crippen molar-refractivity contribution >= 4 is 28.3 Å². The number of thiazole rings is 1. The highest BCUT2D eigenvalue weighted by atomic mass is 32.1. The summed E-state index contributed by atoms with van der Waals surface area (Å²) < 4.78 is 40.1. The first-order valence-corrected chi connectivity index (χ1v) is 8.55. The van der Waals surface area contributed by atoms with Crippen LogP contribution in [0.1, 0.15) is 10.4 Å². The maximum Gasteiger partial charge on any atom is 0.251 e. The molecule has 0 aliphatic carbocycles. The molecule has 0 radical (unpaired) electrons. The Kier molecular flexibility index (Phi) is 5.51. The second-order valence-electron chi connectivity index (χ2n) is 5.40. The smallest absolute Gasteiger partial charge is 0.251 e. The standard InChI is InChI=1S/C18H12F3N3O2S/c19-11-3-1-2-10(6-11)17(26)22-8-16(25)24-18-23-15(9-27-18)13-7-12(20)4-5-14(13)21/h1-7,9H,8H2,(H,22,26)(H,23,24,25). The zero-order valence-electron chi connectivity index (χ0n) is 13.6. The molecule has 9 heteroatoms. The van der Waals surface area contributed by atoms with Gasteiger partial charge in [0.2, 0.25) is 5.91 Å². The van der Waals surface area contributed by atoms with E-state index in [9.17, 15) is 22.8 Å². The molecule has 138 valence electrons. The first-order chi connectivity index (χ1) is 12.9. The molecule has 0 atom stereocenters. The van der Waals surface area contributed by atoms with Crippen LogP contribution in [-0.4, -0.2) is 23.3 Å². The summed E-state index contributed by atoms with van der Waals surface area (Å²) in [6.45, 7) is -0.363. The quantitative estimate of drug-likeness (QED) is 0.698. The van der Waals surface area contributed by atoms with E-state index < -0.39 is 29.3 Å². The fraction of sp³-hybridized carbons (Fsp3) is 0.0556. The van der Waals surface area contributed by atoms with Gasteiger partial charge in [0.15, 0.2) is 5.13 Å². The molecule has 2 aromatic carbocycles. The van der Waals surface area contributed by atoms with Gasteiger partial charge in [0.25, 0.3) is 5.91 Å². The topological polar surface area (TPSA) is 71.1 Å². The van der Waals surface area contributed by atoms with Gasteiger partial charge >= 0.3 is 0 Å². The number of carbonyl (C=O) groups is 2. The molecule has 0 saturated carbocycles. The molecule has 2 N–H and O–H groups in total. The normalized spacial score (nSPS) is 10.5. The average Bonchev–Trinajstić information content (AvgIpc) is 3.10. The van der Waals surface area contributed by atoms with E-state index >= 15 is 0 Å². The van der Waals surface area contributed by atoms with Crippen LogP contribution in [0.3, 0.4) is 0 Å². The zero-order valence-corrected chi connectivity index (χ0v) is 14.4. The van der Waals surface area contributed by atoms with Crippen molar-refractivity contribution in [3.05, 3.63) is 70.9 Å². The molecule has 0 aliphatic heterocycles. The van der Waals surface area contributed by atoms with Crippen molar-refractivity contribution in [2.75, 3.05) is 11.9 Å². The molecule has 0 spiro atoms. The van der Waals surface area contributed by atoms with E-state index in [1.165, 1.54) is 23.6 Å². The molecule has 1 heterocycles. The minimum atomic E-state index is -0.637. The minimum absolute atomic E-state index is 0.0221. The molecule has 2 amide bonds. The van der Waals surface area contributed by atoms with Gasteiger partial charge in [-0.25, -0.2) is 18.2 Å². The highest BCUT2D eigenvalue weighted by Crippen LogP contribution is 2.27. The highest BCUT2D eigenvalue weighted by molar-refractivity contribution is 7.14. The minimum Gasteiger partial charge on any atom is -0.343 e. The number of hydrogen-bond acceptors (Lipinski definition) is 4. The van der Waals surface area contributed by atoms with Crippen LogP contribution in [0.15, 0.2) is 47.8 Å². The molecule has 3 aromatic rings. The van der Waals surface area contributed by atoms with Crippen LogP contribution >= 0.6 is 11.3 Å². The Balaban J connectivity index is 1.59. The lowest BCUT2D eigenvalue weighted by Crippen LogP contribution is -2.32. The molecular weight excluding hydrogens is 379 g/mol. The van der Waals surface area contributed by atoms with E-state index in [1.807, 2.05) is 0 Å². The summed E-state index contributed by atoms with van der Waals surface area (Å²) in [4.78, 5) is 27.8. The number of hydrogen-bond donors (Lipinski definition) is 2. The van der Waals surface area contributed by atoms with Crippen LogP contribution in [0.25, 0.3) is 11.3 Å². The van der Waals surface area contributed by atoms with E-state index in [-0.39, 0.29) is 28.5 Å². The van der Waals surface area contributed by atoms with E-state index in [0.717, 1.165) is 35.6 Å². The molecule has 1 aromatic heterocycles. The van der Waals surface area contributed by atoms with Gasteiger partial charge in [-0.15, -0.1) is 11.3 Å². The second kappa shape index (κ2) is 8.00. The van der Waals surface area contributed by atoms with Gasteiger partial charge in [0.1, 0.15) is 17.5 Å². The van der Waals surface area contributed by atoms with Crippen molar-refractivity contribution in [1.29, 1.82) is 0 Å². The lowest BCUT2D eigenvalue weighted by atomic mass is 10.1. The number of amides is 2. The Morgan fingerprint density at radius 2 is 1.81 bits per heavy atom. The highest BCUT2D eigenvalue weighted by Gasteiger charge is 2.13. The maximum atomic E-state index is 13.8. The lowest BCUT2D eigenvalue weighted by molar-refractivity contribution is -0.115. The summed E-state index contributed by atoms with van der Waals surface area (Å²) in [5, 5.41) is 6.44. The van der Waals surface area contributed by atoms with Gasteiger partial charge in [-0.3, -0.25) is 9.59 Å².